The highest BCUT2D eigenvalue weighted by atomic mass is 35.5. The van der Waals surface area contributed by atoms with Crippen molar-refractivity contribution in [1.82, 2.24) is 4.90 Å². The normalized spacial score (nSPS) is 10.9. The number of aliphatic hydroxyl groups excluding tert-OH is 1. The number of ketones is 1. The van der Waals surface area contributed by atoms with Gasteiger partial charge in [0.1, 0.15) is 0 Å². The first-order valence-electron chi connectivity index (χ1n) is 5.80. The Balaban J connectivity index is 2.38. The van der Waals surface area contributed by atoms with E-state index in [0.717, 1.165) is 0 Å². The van der Waals surface area contributed by atoms with Crippen molar-refractivity contribution in [2.24, 2.45) is 0 Å². The summed E-state index contributed by atoms with van der Waals surface area (Å²) in [5.41, 5.74) is 0.544. The maximum atomic E-state index is 12.0. The van der Waals surface area contributed by atoms with E-state index in [2.05, 4.69) is 0 Å². The molecular weight excluding hydrogens is 254 g/mol. The van der Waals surface area contributed by atoms with E-state index in [1.807, 2.05) is 11.9 Å². The quantitative estimate of drug-likeness (QED) is 0.575. The molecule has 1 aromatic rings. The second kappa shape index (κ2) is 8.21. The standard InChI is InChI=1S/C13H18ClNO3/c1-15(6-8-18-9-7-16)10-13(17)11-4-2-3-5-12(11)14/h2-5,16H,6-10H2,1H3. The molecule has 18 heavy (non-hydrogen) atoms. The zero-order valence-corrected chi connectivity index (χ0v) is 11.2. The first-order valence-corrected chi connectivity index (χ1v) is 6.18. The van der Waals surface area contributed by atoms with Gasteiger partial charge >= 0.3 is 0 Å². The third-order valence-corrected chi connectivity index (χ3v) is 2.77. The largest absolute Gasteiger partial charge is 0.394 e. The molecule has 0 atom stereocenters. The predicted molar refractivity (Wildman–Crippen MR) is 71.2 cm³/mol. The van der Waals surface area contributed by atoms with Crippen LogP contribution in [0.3, 0.4) is 0 Å². The van der Waals surface area contributed by atoms with Crippen molar-refractivity contribution < 1.29 is 14.6 Å². The molecular formula is C13H18ClNO3. The first-order chi connectivity index (χ1) is 8.65. The van der Waals surface area contributed by atoms with Gasteiger partial charge in [-0.3, -0.25) is 9.69 Å². The van der Waals surface area contributed by atoms with Crippen LogP contribution < -0.4 is 0 Å². The van der Waals surface area contributed by atoms with Crippen LogP contribution in [0.5, 0.6) is 0 Å². The summed E-state index contributed by atoms with van der Waals surface area (Å²) in [6, 6.07) is 7.02. The Morgan fingerprint density at radius 2 is 2.11 bits per heavy atom. The van der Waals surface area contributed by atoms with Gasteiger partial charge in [-0.15, -0.1) is 0 Å². The van der Waals surface area contributed by atoms with E-state index < -0.39 is 0 Å². The van der Waals surface area contributed by atoms with E-state index >= 15 is 0 Å². The summed E-state index contributed by atoms with van der Waals surface area (Å²) in [5, 5.41) is 9.03. The fourth-order valence-corrected chi connectivity index (χ4v) is 1.72. The molecule has 0 saturated carbocycles. The number of carbonyl (C=O) groups is 1. The van der Waals surface area contributed by atoms with Crippen LogP contribution in [0.2, 0.25) is 5.02 Å². The number of benzene rings is 1. The highest BCUT2D eigenvalue weighted by Crippen LogP contribution is 2.15. The van der Waals surface area contributed by atoms with Gasteiger partial charge in [-0.1, -0.05) is 23.7 Å². The lowest BCUT2D eigenvalue weighted by molar-refractivity contribution is 0.0739. The average molecular weight is 272 g/mol. The van der Waals surface area contributed by atoms with Crippen LogP contribution in [0.4, 0.5) is 0 Å². The van der Waals surface area contributed by atoms with Gasteiger partial charge in [0.25, 0.3) is 0 Å². The Bertz CT molecular complexity index is 384. The summed E-state index contributed by atoms with van der Waals surface area (Å²) < 4.78 is 5.14. The molecule has 0 unspecified atom stereocenters. The fourth-order valence-electron chi connectivity index (χ4n) is 1.48. The summed E-state index contributed by atoms with van der Waals surface area (Å²) in [6.07, 6.45) is 0. The minimum atomic E-state index is -0.00902. The number of rotatable bonds is 8. The number of carbonyl (C=O) groups excluding carboxylic acids is 1. The molecule has 100 valence electrons. The Morgan fingerprint density at radius 3 is 2.78 bits per heavy atom. The van der Waals surface area contributed by atoms with Gasteiger partial charge in [0.05, 0.1) is 31.4 Å². The molecule has 1 aromatic carbocycles. The lowest BCUT2D eigenvalue weighted by Crippen LogP contribution is -2.29. The van der Waals surface area contributed by atoms with Gasteiger partial charge in [-0.2, -0.15) is 0 Å². The zero-order valence-electron chi connectivity index (χ0n) is 10.4. The van der Waals surface area contributed by atoms with Gasteiger partial charge in [0.2, 0.25) is 0 Å². The third-order valence-electron chi connectivity index (χ3n) is 2.44. The van der Waals surface area contributed by atoms with Gasteiger partial charge in [-0.05, 0) is 19.2 Å². The van der Waals surface area contributed by atoms with E-state index in [0.29, 0.717) is 36.9 Å². The lowest BCUT2D eigenvalue weighted by Gasteiger charge is -2.15. The third kappa shape index (κ3) is 5.14. The first kappa shape index (κ1) is 15.1. The topological polar surface area (TPSA) is 49.8 Å². The SMILES string of the molecule is CN(CCOCCO)CC(=O)c1ccccc1Cl. The molecule has 1 rings (SSSR count). The van der Waals surface area contributed by atoms with Crippen molar-refractivity contribution in [2.75, 3.05) is 40.0 Å². The highest BCUT2D eigenvalue weighted by Gasteiger charge is 2.11. The van der Waals surface area contributed by atoms with Crippen molar-refractivity contribution in [3.05, 3.63) is 34.9 Å². The summed E-state index contributed by atoms with van der Waals surface area (Å²) in [7, 11) is 1.84. The monoisotopic (exact) mass is 271 g/mol. The average Bonchev–Trinajstić information content (AvgIpc) is 2.35. The Kier molecular flexibility index (Phi) is 6.90. The van der Waals surface area contributed by atoms with Gasteiger partial charge < -0.3 is 9.84 Å². The molecule has 0 radical (unpaired) electrons. The number of nitrogens with zero attached hydrogens (tertiary/aromatic N) is 1. The molecule has 0 saturated heterocycles. The van der Waals surface area contributed by atoms with Crippen molar-refractivity contribution in [3.63, 3.8) is 0 Å². The number of aliphatic hydroxyl groups is 1. The van der Waals surface area contributed by atoms with Crippen LogP contribution in [0, 0.1) is 0 Å². The maximum absolute atomic E-state index is 12.0. The molecule has 5 heteroatoms. The molecule has 0 aliphatic rings. The van der Waals surface area contributed by atoms with Gasteiger partial charge in [0, 0.05) is 12.1 Å². The van der Waals surface area contributed by atoms with Crippen LogP contribution in [0.1, 0.15) is 10.4 Å². The zero-order chi connectivity index (χ0) is 13.4. The van der Waals surface area contributed by atoms with Crippen LogP contribution in [0.25, 0.3) is 0 Å². The molecule has 0 aliphatic heterocycles. The molecule has 0 spiro atoms. The molecule has 4 nitrogen and oxygen atoms in total. The summed E-state index contributed by atoms with van der Waals surface area (Å²) in [5.74, 6) is -0.00902. The molecule has 0 bridgehead atoms. The lowest BCUT2D eigenvalue weighted by atomic mass is 10.1. The number of likely N-dealkylation sites (N-methyl/N-ethyl adjacent to an activating group) is 1. The number of hydrogen-bond acceptors (Lipinski definition) is 4. The van der Waals surface area contributed by atoms with Gasteiger partial charge in [0.15, 0.2) is 5.78 Å². The predicted octanol–water partition coefficient (Wildman–Crippen LogP) is 1.46. The smallest absolute Gasteiger partial charge is 0.178 e. The number of hydrogen-bond donors (Lipinski definition) is 1. The van der Waals surface area contributed by atoms with Gasteiger partial charge in [-0.25, -0.2) is 0 Å². The highest BCUT2D eigenvalue weighted by molar-refractivity contribution is 6.34. The summed E-state index contributed by atoms with van der Waals surface area (Å²) >= 11 is 5.96. The Morgan fingerprint density at radius 1 is 1.39 bits per heavy atom. The van der Waals surface area contributed by atoms with Crippen molar-refractivity contribution in [1.29, 1.82) is 0 Å². The van der Waals surface area contributed by atoms with E-state index in [1.54, 1.807) is 24.3 Å². The van der Waals surface area contributed by atoms with Crippen LogP contribution in [-0.2, 0) is 4.74 Å². The number of halogens is 1. The molecule has 0 aliphatic carbocycles. The minimum Gasteiger partial charge on any atom is -0.394 e. The molecule has 0 amide bonds. The molecule has 1 N–H and O–H groups in total. The second-order valence-corrected chi connectivity index (χ2v) is 4.38. The fraction of sp³-hybridized carbons (Fsp3) is 0.462. The summed E-state index contributed by atoms with van der Waals surface area (Å²) in [4.78, 5) is 13.8. The van der Waals surface area contributed by atoms with E-state index in [9.17, 15) is 4.79 Å². The van der Waals surface area contributed by atoms with Crippen molar-refractivity contribution in [2.45, 2.75) is 0 Å². The second-order valence-electron chi connectivity index (χ2n) is 3.98. The van der Waals surface area contributed by atoms with Crippen LogP contribution >= 0.6 is 11.6 Å². The molecule has 0 heterocycles. The molecule has 0 fully saturated rings. The summed E-state index contributed by atoms with van der Waals surface area (Å²) in [6.45, 7) is 1.77. The minimum absolute atomic E-state index is 0.00902. The maximum Gasteiger partial charge on any atom is 0.178 e. The molecule has 0 aromatic heterocycles. The van der Waals surface area contributed by atoms with Crippen molar-refractivity contribution >= 4 is 17.4 Å². The Labute approximate surface area is 112 Å². The number of Topliss-reactive ketones (excluding diaryl/α,β-unsaturated/α-hetero) is 1. The Hall–Kier alpha value is -0.940. The van der Waals surface area contributed by atoms with E-state index in [-0.39, 0.29) is 12.4 Å². The van der Waals surface area contributed by atoms with E-state index in [4.69, 9.17) is 21.4 Å². The van der Waals surface area contributed by atoms with Crippen LogP contribution in [-0.4, -0.2) is 55.7 Å². The number of ether oxygens (including phenoxy) is 1. The van der Waals surface area contributed by atoms with E-state index in [1.165, 1.54) is 0 Å². The van der Waals surface area contributed by atoms with Crippen molar-refractivity contribution in [3.8, 4) is 0 Å². The van der Waals surface area contributed by atoms with Crippen LogP contribution in [0.15, 0.2) is 24.3 Å².